The van der Waals surface area contributed by atoms with Crippen molar-refractivity contribution in [3.63, 3.8) is 0 Å². The van der Waals surface area contributed by atoms with Gasteiger partial charge in [0.15, 0.2) is 0 Å². The number of aryl methyl sites for hydroxylation is 1. The van der Waals surface area contributed by atoms with Crippen LogP contribution in [0.1, 0.15) is 21.5 Å². The number of hydrogen-bond donors (Lipinski definition) is 1. The van der Waals surface area contributed by atoms with Gasteiger partial charge in [-0.05, 0) is 59.8 Å². The number of rotatable bonds is 6. The minimum absolute atomic E-state index is 0.0332. The quantitative estimate of drug-likeness (QED) is 0.471. The van der Waals surface area contributed by atoms with Crippen molar-refractivity contribution < 1.29 is 18.3 Å². The molecule has 8 heteroatoms. The van der Waals surface area contributed by atoms with Crippen LogP contribution in [-0.2, 0) is 16.6 Å². The number of benzene rings is 2. The summed E-state index contributed by atoms with van der Waals surface area (Å²) >= 11 is 1.41. The zero-order valence-electron chi connectivity index (χ0n) is 16.0. The van der Waals surface area contributed by atoms with Crippen LogP contribution in [-0.4, -0.2) is 24.5 Å². The molecule has 0 aliphatic rings. The van der Waals surface area contributed by atoms with E-state index in [0.717, 1.165) is 21.2 Å². The molecule has 0 aliphatic heterocycles. The van der Waals surface area contributed by atoms with E-state index < -0.39 is 16.0 Å². The number of carboxylic acids is 1. The Morgan fingerprint density at radius 2 is 1.80 bits per heavy atom. The molecule has 0 aliphatic carbocycles. The van der Waals surface area contributed by atoms with E-state index in [4.69, 9.17) is 5.11 Å². The monoisotopic (exact) mass is 438 g/mol. The first-order valence-corrected chi connectivity index (χ1v) is 11.4. The van der Waals surface area contributed by atoms with Crippen LogP contribution < -0.4 is 4.31 Å². The molecule has 2 heterocycles. The number of sulfonamides is 1. The molecule has 2 aromatic heterocycles. The summed E-state index contributed by atoms with van der Waals surface area (Å²) in [6.07, 6.45) is 3.27. The molecule has 0 saturated heterocycles. The Morgan fingerprint density at radius 3 is 2.43 bits per heavy atom. The topological polar surface area (TPSA) is 87.6 Å². The number of thiophene rings is 1. The molecule has 0 atom stereocenters. The van der Waals surface area contributed by atoms with Gasteiger partial charge in [0.25, 0.3) is 10.0 Å². The highest BCUT2D eigenvalue weighted by Gasteiger charge is 2.29. The first-order chi connectivity index (χ1) is 14.4. The van der Waals surface area contributed by atoms with E-state index >= 15 is 0 Å². The standard InChI is InChI=1S/C22H18N2O4S2/c1-15-19-6-2-3-7-20(19)29-21(15)24(14-16-5-4-12-23-13-16)30(27,28)18-10-8-17(9-11-18)22(25)26/h2-13H,14H2,1H3,(H,25,26). The van der Waals surface area contributed by atoms with Crippen molar-refractivity contribution in [2.45, 2.75) is 18.4 Å². The number of anilines is 1. The normalized spacial score (nSPS) is 11.5. The lowest BCUT2D eigenvalue weighted by atomic mass is 10.2. The van der Waals surface area contributed by atoms with E-state index in [-0.39, 0.29) is 17.0 Å². The van der Waals surface area contributed by atoms with Gasteiger partial charge in [-0.15, -0.1) is 11.3 Å². The van der Waals surface area contributed by atoms with Gasteiger partial charge in [-0.3, -0.25) is 9.29 Å². The second kappa shape index (κ2) is 7.89. The largest absolute Gasteiger partial charge is 0.478 e. The number of carbonyl (C=O) groups is 1. The number of aromatic nitrogens is 1. The molecule has 0 radical (unpaired) electrons. The lowest BCUT2D eigenvalue weighted by molar-refractivity contribution is 0.0696. The van der Waals surface area contributed by atoms with E-state index in [0.29, 0.717) is 5.00 Å². The van der Waals surface area contributed by atoms with Crippen LogP contribution in [0, 0.1) is 6.92 Å². The fourth-order valence-corrected chi connectivity index (χ4v) is 6.15. The highest BCUT2D eigenvalue weighted by Crippen LogP contribution is 2.40. The summed E-state index contributed by atoms with van der Waals surface area (Å²) in [6.45, 7) is 2.03. The second-order valence-electron chi connectivity index (χ2n) is 6.73. The van der Waals surface area contributed by atoms with Gasteiger partial charge in [-0.2, -0.15) is 0 Å². The summed E-state index contributed by atoms with van der Waals surface area (Å²) in [6, 6.07) is 16.6. The van der Waals surface area contributed by atoms with Crippen LogP contribution in [0.3, 0.4) is 0 Å². The van der Waals surface area contributed by atoms with Gasteiger partial charge in [-0.1, -0.05) is 24.3 Å². The molecule has 0 amide bonds. The van der Waals surface area contributed by atoms with Crippen LogP contribution in [0.5, 0.6) is 0 Å². The van der Waals surface area contributed by atoms with E-state index in [9.17, 15) is 13.2 Å². The summed E-state index contributed by atoms with van der Waals surface area (Å²) < 4.78 is 29.6. The number of carboxylic acid groups (broad SMARTS) is 1. The molecule has 4 rings (SSSR count). The molecule has 1 N–H and O–H groups in total. The minimum atomic E-state index is -3.94. The summed E-state index contributed by atoms with van der Waals surface area (Å²) in [5.41, 5.74) is 1.66. The van der Waals surface area contributed by atoms with Gasteiger partial charge in [0, 0.05) is 17.1 Å². The average Bonchev–Trinajstić information content (AvgIpc) is 3.09. The van der Waals surface area contributed by atoms with Crippen molar-refractivity contribution >= 4 is 42.4 Å². The van der Waals surface area contributed by atoms with Crippen molar-refractivity contribution in [3.05, 3.63) is 89.7 Å². The zero-order valence-corrected chi connectivity index (χ0v) is 17.7. The van der Waals surface area contributed by atoms with Crippen molar-refractivity contribution in [1.29, 1.82) is 0 Å². The Morgan fingerprint density at radius 1 is 1.07 bits per heavy atom. The first-order valence-electron chi connectivity index (χ1n) is 9.11. The van der Waals surface area contributed by atoms with Crippen molar-refractivity contribution in [2.24, 2.45) is 0 Å². The third-order valence-corrected chi connectivity index (χ3v) is 7.95. The molecule has 2 aromatic carbocycles. The van der Waals surface area contributed by atoms with E-state index in [2.05, 4.69) is 4.98 Å². The van der Waals surface area contributed by atoms with Crippen LogP contribution in [0.2, 0.25) is 0 Å². The summed E-state index contributed by atoms with van der Waals surface area (Å²) in [5, 5.41) is 10.7. The fraction of sp³-hybridized carbons (Fsp3) is 0.0909. The number of hydrogen-bond acceptors (Lipinski definition) is 5. The van der Waals surface area contributed by atoms with Gasteiger partial charge in [-0.25, -0.2) is 13.2 Å². The van der Waals surface area contributed by atoms with Gasteiger partial charge in [0.05, 0.1) is 17.0 Å². The van der Waals surface area contributed by atoms with Crippen LogP contribution in [0.15, 0.2) is 78.0 Å². The zero-order chi connectivity index (χ0) is 21.3. The molecular weight excluding hydrogens is 420 g/mol. The van der Waals surface area contributed by atoms with Crippen LogP contribution in [0.4, 0.5) is 5.00 Å². The van der Waals surface area contributed by atoms with Gasteiger partial charge < -0.3 is 5.11 Å². The molecule has 0 unspecified atom stereocenters. The maximum Gasteiger partial charge on any atom is 0.335 e. The Labute approximate surface area is 178 Å². The molecule has 4 aromatic rings. The Kier molecular flexibility index (Phi) is 5.27. The summed E-state index contributed by atoms with van der Waals surface area (Å²) in [7, 11) is -3.94. The SMILES string of the molecule is Cc1c(N(Cc2cccnc2)S(=O)(=O)c2ccc(C(=O)O)cc2)sc2ccccc12. The van der Waals surface area contributed by atoms with Crippen molar-refractivity contribution in [3.8, 4) is 0 Å². The molecule has 0 saturated carbocycles. The Hall–Kier alpha value is -3.23. The van der Waals surface area contributed by atoms with E-state index in [1.807, 2.05) is 37.3 Å². The third kappa shape index (κ3) is 3.67. The predicted molar refractivity (Wildman–Crippen MR) is 118 cm³/mol. The van der Waals surface area contributed by atoms with Crippen molar-refractivity contribution in [2.75, 3.05) is 4.31 Å². The smallest absolute Gasteiger partial charge is 0.335 e. The number of fused-ring (bicyclic) bond motifs is 1. The number of pyridine rings is 1. The summed E-state index contributed by atoms with van der Waals surface area (Å²) in [5.74, 6) is -1.11. The number of aromatic carboxylic acids is 1. The second-order valence-corrected chi connectivity index (χ2v) is 9.62. The van der Waals surface area contributed by atoms with Crippen LogP contribution in [0.25, 0.3) is 10.1 Å². The average molecular weight is 439 g/mol. The maximum absolute atomic E-state index is 13.6. The first kappa shape index (κ1) is 20.1. The molecule has 152 valence electrons. The lowest BCUT2D eigenvalue weighted by Gasteiger charge is -2.24. The van der Waals surface area contributed by atoms with Gasteiger partial charge >= 0.3 is 5.97 Å². The summed E-state index contributed by atoms with van der Waals surface area (Å²) in [4.78, 5) is 15.3. The van der Waals surface area contributed by atoms with Crippen molar-refractivity contribution in [1.82, 2.24) is 4.98 Å². The molecule has 0 fully saturated rings. The maximum atomic E-state index is 13.6. The van der Waals surface area contributed by atoms with Gasteiger partial charge in [0.1, 0.15) is 5.00 Å². The molecule has 6 nitrogen and oxygen atoms in total. The molecule has 0 bridgehead atoms. The minimum Gasteiger partial charge on any atom is -0.478 e. The lowest BCUT2D eigenvalue weighted by Crippen LogP contribution is -2.30. The fourth-order valence-electron chi connectivity index (χ4n) is 3.22. The highest BCUT2D eigenvalue weighted by atomic mass is 32.2. The number of nitrogens with zero attached hydrogens (tertiary/aromatic N) is 2. The Balaban J connectivity index is 1.85. The molecular formula is C22H18N2O4S2. The molecule has 30 heavy (non-hydrogen) atoms. The van der Waals surface area contributed by atoms with Gasteiger partial charge in [0.2, 0.25) is 0 Å². The van der Waals surface area contributed by atoms with E-state index in [1.54, 1.807) is 18.5 Å². The highest BCUT2D eigenvalue weighted by molar-refractivity contribution is 7.93. The Bertz CT molecular complexity index is 1310. The van der Waals surface area contributed by atoms with Crippen LogP contribution >= 0.6 is 11.3 Å². The molecule has 0 spiro atoms. The van der Waals surface area contributed by atoms with E-state index in [1.165, 1.54) is 39.9 Å². The predicted octanol–water partition coefficient (Wildman–Crippen LogP) is 4.70. The third-order valence-electron chi connectivity index (χ3n) is 4.78.